The molecule has 0 atom stereocenters. The molecule has 0 unspecified atom stereocenters. The fourth-order valence-corrected chi connectivity index (χ4v) is 4.21. The van der Waals surface area contributed by atoms with Gasteiger partial charge in [0.15, 0.2) is 0 Å². The average Bonchev–Trinajstić information content (AvgIpc) is 3.26. The number of benzene rings is 1. The summed E-state index contributed by atoms with van der Waals surface area (Å²) in [6.07, 6.45) is 8.89. The molecule has 0 saturated carbocycles. The number of hydrogen-bond donors (Lipinski definition) is 1. The van der Waals surface area contributed by atoms with Gasteiger partial charge in [-0.15, -0.1) is 0 Å². The number of fused-ring (bicyclic) bond motifs is 1. The highest BCUT2D eigenvalue weighted by Gasteiger charge is 2.14. The number of aromatic nitrogens is 2. The molecule has 3 rings (SSSR count). The summed E-state index contributed by atoms with van der Waals surface area (Å²) in [7, 11) is 7.71. The number of unbranched alkanes of at least 4 members (excludes halogenated alkanes) is 1. The van der Waals surface area contributed by atoms with E-state index < -0.39 is 0 Å². The van der Waals surface area contributed by atoms with Crippen molar-refractivity contribution in [2.24, 2.45) is 0 Å². The van der Waals surface area contributed by atoms with Gasteiger partial charge in [0, 0.05) is 63.3 Å². The highest BCUT2D eigenvalue weighted by molar-refractivity contribution is 5.71. The molecule has 0 spiro atoms. The highest BCUT2D eigenvalue weighted by Crippen LogP contribution is 2.32. The fourth-order valence-electron chi connectivity index (χ4n) is 4.21. The van der Waals surface area contributed by atoms with Crippen molar-refractivity contribution < 1.29 is 13.9 Å². The molecule has 6 nitrogen and oxygen atoms in total. The molecule has 0 aliphatic rings. The van der Waals surface area contributed by atoms with Crippen molar-refractivity contribution in [3.63, 3.8) is 0 Å². The molecule has 2 aromatic heterocycles. The van der Waals surface area contributed by atoms with Gasteiger partial charge in [0.25, 0.3) is 0 Å². The first-order valence-corrected chi connectivity index (χ1v) is 12.5. The number of ether oxygens (including phenoxy) is 2. The predicted octanol–water partition coefficient (Wildman–Crippen LogP) is 5.84. The molecule has 7 heteroatoms. The van der Waals surface area contributed by atoms with E-state index in [4.69, 9.17) is 9.47 Å². The first kappa shape index (κ1) is 27.4. The Bertz CT molecular complexity index is 1210. The number of imidazole rings is 1. The van der Waals surface area contributed by atoms with Crippen molar-refractivity contribution in [1.82, 2.24) is 19.6 Å². The number of methoxy groups -OCH3 is 1. The molecule has 0 aliphatic carbocycles. The Morgan fingerprint density at radius 2 is 2.03 bits per heavy atom. The summed E-state index contributed by atoms with van der Waals surface area (Å²) < 4.78 is 28.1. The van der Waals surface area contributed by atoms with Crippen LogP contribution in [0.25, 0.3) is 16.8 Å². The second kappa shape index (κ2) is 13.2. The SMILES string of the molecule is CCC/C=C(COC)/C(CCOc1cc(F)ccc1-c1ccc2ncc(CNC)n2c1)=C(/C)N(C)C. The molecule has 2 heterocycles. The van der Waals surface area contributed by atoms with Crippen LogP contribution in [0.4, 0.5) is 4.39 Å². The van der Waals surface area contributed by atoms with Gasteiger partial charge in [-0.1, -0.05) is 19.4 Å². The molecule has 36 heavy (non-hydrogen) atoms. The largest absolute Gasteiger partial charge is 0.492 e. The lowest BCUT2D eigenvalue weighted by atomic mass is 9.99. The number of nitrogens with one attached hydrogen (secondary N) is 1. The molecule has 0 fully saturated rings. The average molecular weight is 495 g/mol. The molecule has 0 saturated heterocycles. The van der Waals surface area contributed by atoms with Gasteiger partial charge in [0.05, 0.1) is 25.1 Å². The van der Waals surface area contributed by atoms with Crippen molar-refractivity contribution in [3.8, 4) is 16.9 Å². The first-order chi connectivity index (χ1) is 17.4. The van der Waals surface area contributed by atoms with Gasteiger partial charge in [-0.05, 0) is 55.8 Å². The highest BCUT2D eigenvalue weighted by atomic mass is 19.1. The minimum atomic E-state index is -0.323. The third-order valence-electron chi connectivity index (χ3n) is 6.28. The van der Waals surface area contributed by atoms with Gasteiger partial charge in [-0.3, -0.25) is 0 Å². The Labute approximate surface area is 214 Å². The van der Waals surface area contributed by atoms with Crippen molar-refractivity contribution in [3.05, 3.63) is 77.2 Å². The quantitative estimate of drug-likeness (QED) is 0.303. The van der Waals surface area contributed by atoms with Crippen LogP contribution in [-0.2, 0) is 11.3 Å². The van der Waals surface area contributed by atoms with Crippen LogP contribution in [0.2, 0.25) is 0 Å². The van der Waals surface area contributed by atoms with E-state index in [0.717, 1.165) is 35.3 Å². The standard InChI is InChI=1S/C29H39FN4O2/c1-7-8-9-23(20-35-6)26(21(2)33(4)5)14-15-36-28-16-24(30)11-12-27(28)22-10-13-29-32-18-25(17-31-3)34(29)19-22/h9-13,16,18-19,31H,7-8,14-15,17,20H2,1-6H3/b23-9+,26-21-. The molecular weight excluding hydrogens is 455 g/mol. The van der Waals surface area contributed by atoms with Crippen LogP contribution < -0.4 is 10.1 Å². The van der Waals surface area contributed by atoms with Gasteiger partial charge in [-0.25, -0.2) is 9.37 Å². The van der Waals surface area contributed by atoms with E-state index in [9.17, 15) is 4.39 Å². The Kier molecular flexibility index (Phi) is 10.1. The monoisotopic (exact) mass is 494 g/mol. The summed E-state index contributed by atoms with van der Waals surface area (Å²) in [5.41, 5.74) is 7.25. The van der Waals surface area contributed by atoms with Crippen LogP contribution in [0.5, 0.6) is 5.75 Å². The summed E-state index contributed by atoms with van der Waals surface area (Å²) in [4.78, 5) is 6.58. The van der Waals surface area contributed by atoms with Crippen molar-refractivity contribution in [2.75, 3.05) is 41.5 Å². The number of pyridine rings is 1. The Morgan fingerprint density at radius 3 is 2.72 bits per heavy atom. The van der Waals surface area contributed by atoms with Crippen LogP contribution in [0, 0.1) is 5.82 Å². The maximum Gasteiger partial charge on any atom is 0.136 e. The maximum absolute atomic E-state index is 14.3. The smallest absolute Gasteiger partial charge is 0.136 e. The molecule has 0 radical (unpaired) electrons. The van der Waals surface area contributed by atoms with E-state index in [1.165, 1.54) is 29.0 Å². The summed E-state index contributed by atoms with van der Waals surface area (Å²) in [5, 5.41) is 3.17. The minimum absolute atomic E-state index is 0.323. The van der Waals surface area contributed by atoms with Crippen LogP contribution in [0.1, 0.15) is 38.8 Å². The van der Waals surface area contributed by atoms with Crippen molar-refractivity contribution in [1.29, 1.82) is 0 Å². The van der Waals surface area contributed by atoms with Gasteiger partial charge in [0.2, 0.25) is 0 Å². The Balaban J connectivity index is 1.89. The van der Waals surface area contributed by atoms with Crippen LogP contribution >= 0.6 is 0 Å². The van der Waals surface area contributed by atoms with Gasteiger partial charge in [0.1, 0.15) is 17.2 Å². The summed E-state index contributed by atoms with van der Waals surface area (Å²) in [6.45, 7) is 5.95. The maximum atomic E-state index is 14.3. The first-order valence-electron chi connectivity index (χ1n) is 12.5. The Hall–Kier alpha value is -3.16. The molecule has 0 aliphatic heterocycles. The van der Waals surface area contributed by atoms with E-state index in [2.05, 4.69) is 39.5 Å². The van der Waals surface area contributed by atoms with Crippen LogP contribution in [0.3, 0.4) is 0 Å². The molecule has 0 amide bonds. The number of rotatable bonds is 13. The zero-order valence-corrected chi connectivity index (χ0v) is 22.4. The van der Waals surface area contributed by atoms with E-state index in [1.807, 2.05) is 45.7 Å². The molecule has 1 N–H and O–H groups in total. The second-order valence-electron chi connectivity index (χ2n) is 9.07. The lowest BCUT2D eigenvalue weighted by molar-refractivity contribution is 0.225. The van der Waals surface area contributed by atoms with Crippen molar-refractivity contribution in [2.45, 2.75) is 39.7 Å². The molecule has 194 valence electrons. The molecular formula is C29H39FN4O2. The molecule has 1 aromatic carbocycles. The van der Waals surface area contributed by atoms with E-state index in [-0.39, 0.29) is 5.82 Å². The molecule has 0 bridgehead atoms. The lowest BCUT2D eigenvalue weighted by Gasteiger charge is -2.22. The second-order valence-corrected chi connectivity index (χ2v) is 9.07. The fraction of sp³-hybridized carbons (Fsp3) is 0.414. The summed E-state index contributed by atoms with van der Waals surface area (Å²) >= 11 is 0. The predicted molar refractivity (Wildman–Crippen MR) is 145 cm³/mol. The Morgan fingerprint density at radius 1 is 1.22 bits per heavy atom. The topological polar surface area (TPSA) is 51.0 Å². The lowest BCUT2D eigenvalue weighted by Crippen LogP contribution is -2.15. The van der Waals surface area contributed by atoms with Crippen molar-refractivity contribution >= 4 is 5.65 Å². The number of hydrogen-bond acceptors (Lipinski definition) is 5. The third-order valence-corrected chi connectivity index (χ3v) is 6.28. The zero-order valence-electron chi connectivity index (χ0n) is 22.4. The normalized spacial score (nSPS) is 12.7. The molecule has 3 aromatic rings. The summed E-state index contributed by atoms with van der Waals surface area (Å²) in [5.74, 6) is 0.203. The van der Waals surface area contributed by atoms with E-state index in [0.29, 0.717) is 31.9 Å². The van der Waals surface area contributed by atoms with Gasteiger partial charge in [-0.2, -0.15) is 0 Å². The van der Waals surface area contributed by atoms with E-state index in [1.54, 1.807) is 13.2 Å². The zero-order chi connectivity index (χ0) is 26.1. The number of allylic oxidation sites excluding steroid dienone is 2. The summed E-state index contributed by atoms with van der Waals surface area (Å²) in [6, 6.07) is 8.68. The number of nitrogens with zero attached hydrogens (tertiary/aromatic N) is 3. The van der Waals surface area contributed by atoms with Gasteiger partial charge >= 0.3 is 0 Å². The van der Waals surface area contributed by atoms with Crippen LogP contribution in [0.15, 0.2) is 65.6 Å². The third kappa shape index (κ3) is 6.74. The minimum Gasteiger partial charge on any atom is -0.492 e. The van der Waals surface area contributed by atoms with Gasteiger partial charge < -0.3 is 24.1 Å². The van der Waals surface area contributed by atoms with Crippen LogP contribution in [-0.4, -0.2) is 55.8 Å². The van der Waals surface area contributed by atoms with E-state index >= 15 is 0 Å². The number of halogens is 1.